The van der Waals surface area contributed by atoms with E-state index in [-0.39, 0.29) is 6.10 Å². The summed E-state index contributed by atoms with van der Waals surface area (Å²) in [6.07, 6.45) is 3.14. The topological polar surface area (TPSA) is 23.5 Å². The lowest BCUT2D eigenvalue weighted by Gasteiger charge is -2.36. The smallest absolute Gasteiger partial charge is 0.0567 e. The van der Waals surface area contributed by atoms with Crippen molar-refractivity contribution in [3.63, 3.8) is 0 Å². The van der Waals surface area contributed by atoms with Gasteiger partial charge in [0, 0.05) is 12.6 Å². The van der Waals surface area contributed by atoms with Gasteiger partial charge in [0.05, 0.1) is 6.10 Å². The van der Waals surface area contributed by atoms with E-state index in [4.69, 9.17) is 0 Å². The molecule has 1 saturated heterocycles. The van der Waals surface area contributed by atoms with E-state index in [9.17, 15) is 5.11 Å². The lowest BCUT2D eigenvalue weighted by molar-refractivity contribution is 0.0462. The van der Waals surface area contributed by atoms with E-state index < -0.39 is 0 Å². The van der Waals surface area contributed by atoms with Crippen molar-refractivity contribution < 1.29 is 5.11 Å². The van der Waals surface area contributed by atoms with Crippen molar-refractivity contribution in [1.29, 1.82) is 0 Å². The fourth-order valence-corrected chi connectivity index (χ4v) is 1.95. The highest BCUT2D eigenvalue weighted by Gasteiger charge is 2.23. The summed E-state index contributed by atoms with van der Waals surface area (Å²) in [4.78, 5) is 2.51. The predicted octanol–water partition coefficient (Wildman–Crippen LogP) is 1.88. The van der Waals surface area contributed by atoms with Crippen LogP contribution in [0.5, 0.6) is 0 Å². The number of likely N-dealkylation sites (tertiary alicyclic amines) is 1. The van der Waals surface area contributed by atoms with Crippen molar-refractivity contribution in [3.05, 3.63) is 0 Å². The second-order valence-corrected chi connectivity index (χ2v) is 4.75. The third-order valence-electron chi connectivity index (χ3n) is 2.98. The van der Waals surface area contributed by atoms with E-state index in [2.05, 4.69) is 25.7 Å². The van der Waals surface area contributed by atoms with E-state index in [1.54, 1.807) is 0 Å². The van der Waals surface area contributed by atoms with E-state index in [1.165, 1.54) is 13.0 Å². The molecular formula is C11H23NO. The van der Waals surface area contributed by atoms with Crippen LogP contribution in [0.2, 0.25) is 0 Å². The maximum Gasteiger partial charge on any atom is 0.0567 e. The van der Waals surface area contributed by atoms with Gasteiger partial charge in [-0.25, -0.2) is 0 Å². The summed E-state index contributed by atoms with van der Waals surface area (Å²) in [5.41, 5.74) is 0. The summed E-state index contributed by atoms with van der Waals surface area (Å²) in [7, 11) is 0. The van der Waals surface area contributed by atoms with Crippen LogP contribution in [-0.2, 0) is 0 Å². The first-order valence-corrected chi connectivity index (χ1v) is 5.51. The number of hydrogen-bond acceptors (Lipinski definition) is 2. The van der Waals surface area contributed by atoms with Crippen LogP contribution in [0.15, 0.2) is 0 Å². The summed E-state index contributed by atoms with van der Waals surface area (Å²) in [6.45, 7) is 9.04. The Kier molecular flexibility index (Phi) is 4.20. The first-order chi connectivity index (χ1) is 6.09. The summed E-state index contributed by atoms with van der Waals surface area (Å²) < 4.78 is 0. The van der Waals surface area contributed by atoms with Gasteiger partial charge in [0.25, 0.3) is 0 Å². The highest BCUT2D eigenvalue weighted by molar-refractivity contribution is 4.78. The standard InChI is InChI=1S/C11H23NO/c1-9(2)4-6-12-7-5-11(13)8-10(12)3/h9-11,13H,4-8H2,1-3H3. The molecule has 0 aliphatic carbocycles. The van der Waals surface area contributed by atoms with Gasteiger partial charge in [0.15, 0.2) is 0 Å². The average molecular weight is 185 g/mol. The quantitative estimate of drug-likeness (QED) is 0.725. The maximum absolute atomic E-state index is 9.45. The SMILES string of the molecule is CC(C)CCN1CCC(O)CC1C. The number of rotatable bonds is 3. The predicted molar refractivity (Wildman–Crippen MR) is 55.7 cm³/mol. The maximum atomic E-state index is 9.45. The molecule has 0 radical (unpaired) electrons. The van der Waals surface area contributed by atoms with E-state index in [1.807, 2.05) is 0 Å². The van der Waals surface area contributed by atoms with Gasteiger partial charge in [-0.15, -0.1) is 0 Å². The molecule has 1 N–H and O–H groups in total. The van der Waals surface area contributed by atoms with Crippen LogP contribution in [0.3, 0.4) is 0 Å². The monoisotopic (exact) mass is 185 g/mol. The first-order valence-electron chi connectivity index (χ1n) is 5.51. The zero-order valence-electron chi connectivity index (χ0n) is 9.16. The molecule has 0 aromatic rings. The molecule has 2 atom stereocenters. The Bertz CT molecular complexity index is 147. The molecule has 0 aromatic heterocycles. The highest BCUT2D eigenvalue weighted by Crippen LogP contribution is 2.18. The first kappa shape index (κ1) is 11.0. The van der Waals surface area contributed by atoms with Crippen molar-refractivity contribution in [1.82, 2.24) is 4.90 Å². The van der Waals surface area contributed by atoms with Gasteiger partial charge in [-0.3, -0.25) is 0 Å². The Morgan fingerprint density at radius 2 is 2.15 bits per heavy atom. The Balaban J connectivity index is 2.25. The minimum absolute atomic E-state index is 0.0506. The van der Waals surface area contributed by atoms with Crippen molar-refractivity contribution in [3.8, 4) is 0 Å². The Morgan fingerprint density at radius 1 is 1.46 bits per heavy atom. The molecule has 1 heterocycles. The lowest BCUT2D eigenvalue weighted by atomic mass is 10.00. The van der Waals surface area contributed by atoms with Crippen molar-refractivity contribution in [2.45, 2.75) is 52.2 Å². The number of aliphatic hydroxyl groups is 1. The second-order valence-electron chi connectivity index (χ2n) is 4.75. The number of nitrogens with zero attached hydrogens (tertiary/aromatic N) is 1. The number of aliphatic hydroxyl groups excluding tert-OH is 1. The molecule has 1 fully saturated rings. The molecule has 0 aromatic carbocycles. The second kappa shape index (κ2) is 4.97. The van der Waals surface area contributed by atoms with Gasteiger partial charge in [-0.1, -0.05) is 13.8 Å². The van der Waals surface area contributed by atoms with E-state index in [0.29, 0.717) is 6.04 Å². The van der Waals surface area contributed by atoms with Crippen LogP contribution in [0.4, 0.5) is 0 Å². The normalized spacial score (nSPS) is 31.2. The van der Waals surface area contributed by atoms with Gasteiger partial charge in [0.2, 0.25) is 0 Å². The Hall–Kier alpha value is -0.0800. The molecule has 78 valence electrons. The van der Waals surface area contributed by atoms with Gasteiger partial charge < -0.3 is 10.0 Å². The fraction of sp³-hybridized carbons (Fsp3) is 1.00. The molecule has 2 nitrogen and oxygen atoms in total. The van der Waals surface area contributed by atoms with E-state index in [0.717, 1.165) is 25.3 Å². The molecule has 2 unspecified atom stereocenters. The summed E-state index contributed by atoms with van der Waals surface area (Å²) in [5.74, 6) is 0.791. The van der Waals surface area contributed by atoms with Crippen molar-refractivity contribution >= 4 is 0 Å². The molecule has 0 amide bonds. The molecule has 1 rings (SSSR count). The molecule has 1 aliphatic rings. The third kappa shape index (κ3) is 3.65. The molecule has 1 aliphatic heterocycles. The van der Waals surface area contributed by atoms with Crippen LogP contribution < -0.4 is 0 Å². The van der Waals surface area contributed by atoms with Crippen LogP contribution in [0.1, 0.15) is 40.0 Å². The third-order valence-corrected chi connectivity index (χ3v) is 2.98. The fourth-order valence-electron chi connectivity index (χ4n) is 1.95. The van der Waals surface area contributed by atoms with Crippen LogP contribution in [0, 0.1) is 5.92 Å². The summed E-state index contributed by atoms with van der Waals surface area (Å²) >= 11 is 0. The van der Waals surface area contributed by atoms with Crippen LogP contribution in [-0.4, -0.2) is 35.2 Å². The Morgan fingerprint density at radius 3 is 2.69 bits per heavy atom. The lowest BCUT2D eigenvalue weighted by Crippen LogP contribution is -2.43. The van der Waals surface area contributed by atoms with Crippen molar-refractivity contribution in [2.24, 2.45) is 5.92 Å². The zero-order chi connectivity index (χ0) is 9.84. The molecule has 0 saturated carbocycles. The molecule has 0 bridgehead atoms. The molecule has 0 spiro atoms. The molecule has 13 heavy (non-hydrogen) atoms. The average Bonchev–Trinajstić information content (AvgIpc) is 2.02. The highest BCUT2D eigenvalue weighted by atomic mass is 16.3. The molecular weight excluding hydrogens is 162 g/mol. The van der Waals surface area contributed by atoms with Gasteiger partial charge in [-0.2, -0.15) is 0 Å². The molecule has 2 heteroatoms. The van der Waals surface area contributed by atoms with Crippen LogP contribution in [0.25, 0.3) is 0 Å². The van der Waals surface area contributed by atoms with Gasteiger partial charge >= 0.3 is 0 Å². The minimum atomic E-state index is -0.0506. The van der Waals surface area contributed by atoms with Crippen molar-refractivity contribution in [2.75, 3.05) is 13.1 Å². The summed E-state index contributed by atoms with van der Waals surface area (Å²) in [6, 6.07) is 0.572. The van der Waals surface area contributed by atoms with Gasteiger partial charge in [-0.05, 0) is 38.6 Å². The van der Waals surface area contributed by atoms with E-state index >= 15 is 0 Å². The summed E-state index contributed by atoms with van der Waals surface area (Å²) in [5, 5.41) is 9.45. The zero-order valence-corrected chi connectivity index (χ0v) is 9.16. The minimum Gasteiger partial charge on any atom is -0.393 e. The largest absolute Gasteiger partial charge is 0.393 e. The van der Waals surface area contributed by atoms with Gasteiger partial charge in [0.1, 0.15) is 0 Å². The number of piperidine rings is 1. The number of hydrogen-bond donors (Lipinski definition) is 1. The Labute approximate surface area is 81.9 Å². The van der Waals surface area contributed by atoms with Crippen LogP contribution >= 0.6 is 0 Å².